The van der Waals surface area contributed by atoms with Crippen molar-refractivity contribution >= 4 is 21.9 Å². The molecule has 0 amide bonds. The van der Waals surface area contributed by atoms with Crippen LogP contribution in [0.4, 0.5) is 0 Å². The first-order chi connectivity index (χ1) is 7.54. The number of aliphatic carboxylic acids is 1. The van der Waals surface area contributed by atoms with E-state index in [-0.39, 0.29) is 0 Å². The van der Waals surface area contributed by atoms with Crippen LogP contribution in [0.2, 0.25) is 0 Å². The summed E-state index contributed by atoms with van der Waals surface area (Å²) in [6.07, 6.45) is 0.571. The molecule has 2 atom stereocenters. The molecule has 0 spiro atoms. The second-order valence-electron chi connectivity index (χ2n) is 4.14. The highest BCUT2D eigenvalue weighted by atomic mass is 79.9. The lowest BCUT2D eigenvalue weighted by Crippen LogP contribution is -2.33. The van der Waals surface area contributed by atoms with Crippen LogP contribution in [0.1, 0.15) is 18.9 Å². The van der Waals surface area contributed by atoms with Gasteiger partial charge in [0.15, 0.2) is 0 Å². The van der Waals surface area contributed by atoms with Gasteiger partial charge in [-0.25, -0.2) is 0 Å². The molecule has 1 heterocycles. The molecule has 1 aromatic carbocycles. The highest BCUT2D eigenvalue weighted by Gasteiger charge is 2.45. The smallest absolute Gasteiger partial charge is 0.309 e. The van der Waals surface area contributed by atoms with Crippen molar-refractivity contribution in [3.8, 4) is 0 Å². The summed E-state index contributed by atoms with van der Waals surface area (Å²) in [4.78, 5) is 11.2. The normalized spacial score (nSPS) is 29.2. The lowest BCUT2D eigenvalue weighted by atomic mass is 9.83. The Bertz CT molecular complexity index is 401. The fourth-order valence-corrected chi connectivity index (χ4v) is 2.45. The van der Waals surface area contributed by atoms with Gasteiger partial charge < -0.3 is 9.84 Å². The maximum Gasteiger partial charge on any atom is 0.309 e. The summed E-state index contributed by atoms with van der Waals surface area (Å²) in [5, 5.41) is 9.18. The highest BCUT2D eigenvalue weighted by molar-refractivity contribution is 9.10. The van der Waals surface area contributed by atoms with E-state index >= 15 is 0 Å². The summed E-state index contributed by atoms with van der Waals surface area (Å²) in [7, 11) is 0. The van der Waals surface area contributed by atoms with Crippen molar-refractivity contribution in [2.45, 2.75) is 18.9 Å². The molecule has 4 heteroatoms. The van der Waals surface area contributed by atoms with Gasteiger partial charge in [0.1, 0.15) is 5.60 Å². The van der Waals surface area contributed by atoms with E-state index in [1.807, 2.05) is 31.2 Å². The van der Waals surface area contributed by atoms with Crippen LogP contribution in [0.25, 0.3) is 0 Å². The van der Waals surface area contributed by atoms with Gasteiger partial charge in [0, 0.05) is 11.1 Å². The zero-order chi connectivity index (χ0) is 11.8. The average molecular weight is 285 g/mol. The molecule has 0 aromatic heterocycles. The minimum Gasteiger partial charge on any atom is -0.481 e. The topological polar surface area (TPSA) is 46.5 Å². The van der Waals surface area contributed by atoms with Crippen LogP contribution in [0.15, 0.2) is 28.7 Å². The first-order valence-corrected chi connectivity index (χ1v) is 5.96. The fourth-order valence-electron chi connectivity index (χ4n) is 2.19. The van der Waals surface area contributed by atoms with Gasteiger partial charge in [0.05, 0.1) is 5.92 Å². The van der Waals surface area contributed by atoms with Gasteiger partial charge in [-0.3, -0.25) is 4.79 Å². The predicted molar refractivity (Wildman–Crippen MR) is 63.2 cm³/mol. The zero-order valence-corrected chi connectivity index (χ0v) is 10.5. The Labute approximate surface area is 103 Å². The van der Waals surface area contributed by atoms with Gasteiger partial charge in [0.2, 0.25) is 0 Å². The van der Waals surface area contributed by atoms with Crippen LogP contribution in [-0.4, -0.2) is 17.7 Å². The Morgan fingerprint density at radius 3 is 2.69 bits per heavy atom. The first-order valence-electron chi connectivity index (χ1n) is 5.17. The molecule has 1 aliphatic rings. The molecule has 86 valence electrons. The molecule has 16 heavy (non-hydrogen) atoms. The van der Waals surface area contributed by atoms with Gasteiger partial charge in [-0.1, -0.05) is 28.1 Å². The Morgan fingerprint density at radius 2 is 2.12 bits per heavy atom. The van der Waals surface area contributed by atoms with Gasteiger partial charge in [-0.15, -0.1) is 0 Å². The molecular weight excluding hydrogens is 272 g/mol. The van der Waals surface area contributed by atoms with Crippen LogP contribution in [-0.2, 0) is 15.1 Å². The van der Waals surface area contributed by atoms with Crippen LogP contribution in [0.5, 0.6) is 0 Å². The van der Waals surface area contributed by atoms with Crippen molar-refractivity contribution in [2.24, 2.45) is 5.92 Å². The molecule has 0 bridgehead atoms. The second-order valence-corrected chi connectivity index (χ2v) is 5.06. The van der Waals surface area contributed by atoms with E-state index in [2.05, 4.69) is 15.9 Å². The summed E-state index contributed by atoms with van der Waals surface area (Å²) in [5.41, 5.74) is 0.215. The van der Waals surface area contributed by atoms with Crippen molar-refractivity contribution in [3.63, 3.8) is 0 Å². The van der Waals surface area contributed by atoms with Crippen molar-refractivity contribution in [3.05, 3.63) is 34.3 Å². The van der Waals surface area contributed by atoms with Crippen LogP contribution in [0, 0.1) is 5.92 Å². The molecule has 2 rings (SSSR count). The van der Waals surface area contributed by atoms with Gasteiger partial charge in [-0.2, -0.15) is 0 Å². The predicted octanol–water partition coefficient (Wildman–Crippen LogP) is 2.79. The molecule has 0 saturated carbocycles. The molecule has 1 N–H and O–H groups in total. The highest BCUT2D eigenvalue weighted by Crippen LogP contribution is 2.41. The molecule has 0 aliphatic carbocycles. The summed E-state index contributed by atoms with van der Waals surface area (Å²) in [6.45, 7) is 2.35. The molecule has 3 nitrogen and oxygen atoms in total. The number of hydrogen-bond donors (Lipinski definition) is 1. The number of halogens is 1. The third-order valence-corrected chi connectivity index (χ3v) is 3.72. The SMILES string of the molecule is CC1(c2ccc(Br)cc2)OCCC1C(=O)O. The number of ether oxygens (including phenoxy) is 1. The first kappa shape index (κ1) is 11.6. The summed E-state index contributed by atoms with van der Waals surface area (Å²) < 4.78 is 6.62. The standard InChI is InChI=1S/C12H13BrO3/c1-12(8-2-4-9(13)5-3-8)10(11(14)15)6-7-16-12/h2-5,10H,6-7H2,1H3,(H,14,15). The Morgan fingerprint density at radius 1 is 1.50 bits per heavy atom. The molecule has 2 unspecified atom stereocenters. The van der Waals surface area contributed by atoms with Crippen molar-refractivity contribution in [1.29, 1.82) is 0 Å². The number of rotatable bonds is 2. The van der Waals surface area contributed by atoms with E-state index in [9.17, 15) is 9.90 Å². The molecular formula is C12H13BrO3. The van der Waals surface area contributed by atoms with Crippen LogP contribution < -0.4 is 0 Å². The Kier molecular flexibility index (Phi) is 3.04. The van der Waals surface area contributed by atoms with E-state index in [0.29, 0.717) is 13.0 Å². The number of benzene rings is 1. The molecule has 1 saturated heterocycles. The summed E-state index contributed by atoms with van der Waals surface area (Å²) in [5.74, 6) is -1.25. The van der Waals surface area contributed by atoms with E-state index in [4.69, 9.17) is 4.74 Å². The van der Waals surface area contributed by atoms with Crippen molar-refractivity contribution in [2.75, 3.05) is 6.61 Å². The van der Waals surface area contributed by atoms with Crippen LogP contribution in [0.3, 0.4) is 0 Å². The quantitative estimate of drug-likeness (QED) is 0.908. The molecule has 0 radical (unpaired) electrons. The minimum atomic E-state index is -0.789. The Balaban J connectivity index is 2.37. The molecule has 1 fully saturated rings. The largest absolute Gasteiger partial charge is 0.481 e. The number of carboxylic acid groups (broad SMARTS) is 1. The van der Waals surface area contributed by atoms with E-state index in [0.717, 1.165) is 10.0 Å². The maximum atomic E-state index is 11.2. The molecule has 1 aromatic rings. The van der Waals surface area contributed by atoms with E-state index in [1.54, 1.807) is 0 Å². The number of carbonyl (C=O) groups is 1. The fraction of sp³-hybridized carbons (Fsp3) is 0.417. The third-order valence-electron chi connectivity index (χ3n) is 3.19. The lowest BCUT2D eigenvalue weighted by molar-refractivity contribution is -0.148. The zero-order valence-electron chi connectivity index (χ0n) is 8.94. The maximum absolute atomic E-state index is 11.2. The average Bonchev–Trinajstić information content (AvgIpc) is 2.62. The monoisotopic (exact) mass is 284 g/mol. The minimum absolute atomic E-state index is 0.464. The van der Waals surface area contributed by atoms with E-state index in [1.165, 1.54) is 0 Å². The second kappa shape index (κ2) is 4.18. The van der Waals surface area contributed by atoms with Crippen molar-refractivity contribution in [1.82, 2.24) is 0 Å². The summed E-state index contributed by atoms with van der Waals surface area (Å²) in [6, 6.07) is 7.62. The van der Waals surface area contributed by atoms with Gasteiger partial charge in [0.25, 0.3) is 0 Å². The summed E-state index contributed by atoms with van der Waals surface area (Å²) >= 11 is 3.36. The lowest BCUT2D eigenvalue weighted by Gasteiger charge is -2.28. The number of hydrogen-bond acceptors (Lipinski definition) is 2. The molecule has 1 aliphatic heterocycles. The van der Waals surface area contributed by atoms with Gasteiger partial charge in [-0.05, 0) is 31.0 Å². The van der Waals surface area contributed by atoms with E-state index < -0.39 is 17.5 Å². The Hall–Kier alpha value is -0.870. The van der Waals surface area contributed by atoms with Crippen LogP contribution >= 0.6 is 15.9 Å². The third kappa shape index (κ3) is 1.87. The van der Waals surface area contributed by atoms with Crippen molar-refractivity contribution < 1.29 is 14.6 Å². The van der Waals surface area contributed by atoms with Gasteiger partial charge >= 0.3 is 5.97 Å². The number of carboxylic acids is 1.